The Labute approximate surface area is 92.8 Å². The second-order valence-corrected chi connectivity index (χ2v) is 3.72. The van der Waals surface area contributed by atoms with Crippen LogP contribution in [0.4, 0.5) is 0 Å². The van der Waals surface area contributed by atoms with Crippen molar-refractivity contribution < 1.29 is 9.53 Å². The Bertz CT molecular complexity index is 163. The van der Waals surface area contributed by atoms with Gasteiger partial charge in [0.2, 0.25) is 5.91 Å². The van der Waals surface area contributed by atoms with Crippen molar-refractivity contribution in [1.29, 1.82) is 0 Å². The molecule has 4 heteroatoms. The van der Waals surface area contributed by atoms with Crippen molar-refractivity contribution in [3.63, 3.8) is 0 Å². The fraction of sp³-hybridized carbons (Fsp3) is 0.909. The summed E-state index contributed by atoms with van der Waals surface area (Å²) in [6.45, 7) is 6.50. The molecule has 0 aromatic heterocycles. The van der Waals surface area contributed by atoms with Crippen LogP contribution in [0, 0.1) is 0 Å². The highest BCUT2D eigenvalue weighted by Crippen LogP contribution is 1.89. The summed E-state index contributed by atoms with van der Waals surface area (Å²) < 4.78 is 4.92. The zero-order chi connectivity index (χ0) is 11.5. The minimum absolute atomic E-state index is 0.128. The van der Waals surface area contributed by atoms with Gasteiger partial charge in [0.1, 0.15) is 0 Å². The number of hydrogen-bond donors (Lipinski definition) is 2. The minimum Gasteiger partial charge on any atom is -0.385 e. The van der Waals surface area contributed by atoms with Crippen molar-refractivity contribution in [3.05, 3.63) is 0 Å². The number of nitrogens with one attached hydrogen (secondary N) is 2. The standard InChI is InChI=1S/C11H24N2O2/c1-4-10(2)13-11(14)6-8-12-7-5-9-15-3/h10,12H,4-9H2,1-3H3,(H,13,14). The lowest BCUT2D eigenvalue weighted by Crippen LogP contribution is -2.34. The van der Waals surface area contributed by atoms with Gasteiger partial charge in [0, 0.05) is 32.7 Å². The summed E-state index contributed by atoms with van der Waals surface area (Å²) in [6.07, 6.45) is 2.52. The summed E-state index contributed by atoms with van der Waals surface area (Å²) in [4.78, 5) is 11.3. The van der Waals surface area contributed by atoms with E-state index in [9.17, 15) is 4.79 Å². The van der Waals surface area contributed by atoms with E-state index in [-0.39, 0.29) is 11.9 Å². The zero-order valence-corrected chi connectivity index (χ0v) is 10.1. The number of rotatable bonds is 9. The Kier molecular flexibility index (Phi) is 9.52. The lowest BCUT2D eigenvalue weighted by molar-refractivity contribution is -0.121. The van der Waals surface area contributed by atoms with Crippen molar-refractivity contribution in [2.75, 3.05) is 26.8 Å². The molecule has 0 aromatic rings. The largest absolute Gasteiger partial charge is 0.385 e. The van der Waals surface area contributed by atoms with E-state index in [2.05, 4.69) is 17.6 Å². The van der Waals surface area contributed by atoms with E-state index < -0.39 is 0 Å². The molecule has 4 nitrogen and oxygen atoms in total. The third-order valence-electron chi connectivity index (χ3n) is 2.25. The Hall–Kier alpha value is -0.610. The summed E-state index contributed by atoms with van der Waals surface area (Å²) >= 11 is 0. The maximum absolute atomic E-state index is 11.3. The van der Waals surface area contributed by atoms with E-state index in [1.54, 1.807) is 7.11 Å². The summed E-state index contributed by atoms with van der Waals surface area (Å²) in [5, 5.41) is 6.13. The maximum atomic E-state index is 11.3. The molecule has 0 fully saturated rings. The topological polar surface area (TPSA) is 50.4 Å². The average molecular weight is 216 g/mol. The number of ether oxygens (including phenoxy) is 1. The van der Waals surface area contributed by atoms with Gasteiger partial charge in [-0.05, 0) is 26.3 Å². The number of hydrogen-bond acceptors (Lipinski definition) is 3. The normalized spacial score (nSPS) is 12.5. The minimum atomic E-state index is 0.128. The van der Waals surface area contributed by atoms with Crippen LogP contribution in [0.5, 0.6) is 0 Å². The van der Waals surface area contributed by atoms with Crippen LogP contribution in [0.1, 0.15) is 33.1 Å². The van der Waals surface area contributed by atoms with Crippen LogP contribution >= 0.6 is 0 Å². The molecule has 0 rings (SSSR count). The predicted octanol–water partition coefficient (Wildman–Crippen LogP) is 0.917. The smallest absolute Gasteiger partial charge is 0.221 e. The summed E-state index contributed by atoms with van der Waals surface area (Å²) in [7, 11) is 1.69. The van der Waals surface area contributed by atoms with E-state index >= 15 is 0 Å². The Morgan fingerprint density at radius 2 is 2.13 bits per heavy atom. The number of methoxy groups -OCH3 is 1. The molecule has 15 heavy (non-hydrogen) atoms. The van der Waals surface area contributed by atoms with E-state index in [0.29, 0.717) is 6.42 Å². The maximum Gasteiger partial charge on any atom is 0.221 e. The van der Waals surface area contributed by atoms with Crippen LogP contribution in [0.15, 0.2) is 0 Å². The van der Waals surface area contributed by atoms with Crippen LogP contribution in [0.25, 0.3) is 0 Å². The molecule has 0 aliphatic heterocycles. The Morgan fingerprint density at radius 3 is 2.73 bits per heavy atom. The molecule has 0 radical (unpaired) electrons. The van der Waals surface area contributed by atoms with Crippen molar-refractivity contribution in [3.8, 4) is 0 Å². The van der Waals surface area contributed by atoms with Gasteiger partial charge in [-0.2, -0.15) is 0 Å². The van der Waals surface area contributed by atoms with Gasteiger partial charge in [-0.25, -0.2) is 0 Å². The monoisotopic (exact) mass is 216 g/mol. The second-order valence-electron chi connectivity index (χ2n) is 3.72. The van der Waals surface area contributed by atoms with Crippen LogP contribution in [0.3, 0.4) is 0 Å². The second kappa shape index (κ2) is 9.93. The highest BCUT2D eigenvalue weighted by molar-refractivity contribution is 5.76. The van der Waals surface area contributed by atoms with Crippen molar-refractivity contribution >= 4 is 5.91 Å². The van der Waals surface area contributed by atoms with Crippen LogP contribution in [0.2, 0.25) is 0 Å². The molecule has 0 bridgehead atoms. The lowest BCUT2D eigenvalue weighted by atomic mass is 10.2. The number of amides is 1. The predicted molar refractivity (Wildman–Crippen MR) is 61.9 cm³/mol. The zero-order valence-electron chi connectivity index (χ0n) is 10.1. The third-order valence-corrected chi connectivity index (χ3v) is 2.25. The molecule has 0 saturated carbocycles. The third kappa shape index (κ3) is 9.69. The van der Waals surface area contributed by atoms with Crippen molar-refractivity contribution in [1.82, 2.24) is 10.6 Å². The van der Waals surface area contributed by atoms with E-state index in [0.717, 1.165) is 32.5 Å². The van der Waals surface area contributed by atoms with Crippen molar-refractivity contribution in [2.45, 2.75) is 39.2 Å². The number of carbonyl (C=O) groups is 1. The molecule has 0 aliphatic rings. The Balaban J connectivity index is 3.24. The summed E-state index contributed by atoms with van der Waals surface area (Å²) in [5.41, 5.74) is 0. The Morgan fingerprint density at radius 1 is 1.40 bits per heavy atom. The highest BCUT2D eigenvalue weighted by Gasteiger charge is 2.03. The summed E-state index contributed by atoms with van der Waals surface area (Å²) in [5.74, 6) is 0.128. The molecule has 0 aliphatic carbocycles. The SMILES string of the molecule is CCC(C)NC(=O)CCNCCCOC. The number of carbonyl (C=O) groups excluding carboxylic acids is 1. The molecule has 0 saturated heterocycles. The fourth-order valence-electron chi connectivity index (χ4n) is 1.12. The first-order chi connectivity index (χ1) is 7.20. The molecular weight excluding hydrogens is 192 g/mol. The molecule has 1 unspecified atom stereocenters. The first-order valence-corrected chi connectivity index (χ1v) is 5.69. The van der Waals surface area contributed by atoms with Gasteiger partial charge in [-0.1, -0.05) is 6.92 Å². The fourth-order valence-corrected chi connectivity index (χ4v) is 1.12. The van der Waals surface area contributed by atoms with Crippen LogP contribution < -0.4 is 10.6 Å². The summed E-state index contributed by atoms with van der Waals surface area (Å²) in [6, 6.07) is 0.283. The highest BCUT2D eigenvalue weighted by atomic mass is 16.5. The van der Waals surface area contributed by atoms with Gasteiger partial charge in [-0.15, -0.1) is 0 Å². The molecule has 2 N–H and O–H groups in total. The van der Waals surface area contributed by atoms with Gasteiger partial charge >= 0.3 is 0 Å². The molecule has 1 amide bonds. The van der Waals surface area contributed by atoms with Gasteiger partial charge in [-0.3, -0.25) is 4.79 Å². The lowest BCUT2D eigenvalue weighted by Gasteiger charge is -2.11. The van der Waals surface area contributed by atoms with E-state index in [4.69, 9.17) is 4.74 Å². The first-order valence-electron chi connectivity index (χ1n) is 5.69. The van der Waals surface area contributed by atoms with Crippen LogP contribution in [-0.2, 0) is 9.53 Å². The molecule has 0 spiro atoms. The molecule has 90 valence electrons. The van der Waals surface area contributed by atoms with Gasteiger partial charge in [0.25, 0.3) is 0 Å². The van der Waals surface area contributed by atoms with E-state index in [1.165, 1.54) is 0 Å². The molecule has 0 heterocycles. The molecule has 1 atom stereocenters. The molecular formula is C11H24N2O2. The first kappa shape index (κ1) is 14.4. The quantitative estimate of drug-likeness (QED) is 0.563. The van der Waals surface area contributed by atoms with E-state index in [1.807, 2.05) is 6.92 Å². The van der Waals surface area contributed by atoms with Gasteiger partial charge in [0.15, 0.2) is 0 Å². The van der Waals surface area contributed by atoms with Gasteiger partial charge in [0.05, 0.1) is 0 Å². The average Bonchev–Trinajstić information content (AvgIpc) is 2.23. The van der Waals surface area contributed by atoms with Crippen LogP contribution in [-0.4, -0.2) is 38.8 Å². The van der Waals surface area contributed by atoms with Crippen molar-refractivity contribution in [2.24, 2.45) is 0 Å². The van der Waals surface area contributed by atoms with Gasteiger partial charge < -0.3 is 15.4 Å². The molecule has 0 aromatic carbocycles.